The molecule has 2 N–H and O–H groups in total. The summed E-state index contributed by atoms with van der Waals surface area (Å²) in [4.78, 5) is 15.2. The number of hydrogen-bond donors (Lipinski definition) is 1. The number of carbonyl (C=O) groups excluding carboxylic acids is 1. The van der Waals surface area contributed by atoms with Crippen molar-refractivity contribution < 1.29 is 9.53 Å². The molecule has 23 heavy (non-hydrogen) atoms. The van der Waals surface area contributed by atoms with Gasteiger partial charge < -0.3 is 15.4 Å². The predicted molar refractivity (Wildman–Crippen MR) is 94.6 cm³/mol. The van der Waals surface area contributed by atoms with Crippen LogP contribution in [0.4, 0.5) is 0 Å². The number of rotatable bonds is 6. The van der Waals surface area contributed by atoms with Crippen LogP contribution < -0.4 is 10.5 Å². The van der Waals surface area contributed by atoms with Gasteiger partial charge in [-0.15, -0.1) is 11.8 Å². The highest BCUT2D eigenvalue weighted by molar-refractivity contribution is 7.98. The van der Waals surface area contributed by atoms with Crippen molar-refractivity contribution in [3.05, 3.63) is 59.7 Å². The van der Waals surface area contributed by atoms with E-state index in [2.05, 4.69) is 0 Å². The quantitative estimate of drug-likeness (QED) is 0.827. The van der Waals surface area contributed by atoms with E-state index in [1.54, 1.807) is 30.8 Å². The second kappa shape index (κ2) is 8.04. The normalized spacial score (nSPS) is 11.8. The Morgan fingerprint density at radius 3 is 2.57 bits per heavy atom. The third-order valence-corrected chi connectivity index (χ3v) is 4.45. The van der Waals surface area contributed by atoms with Crippen LogP contribution in [0.2, 0.25) is 0 Å². The monoisotopic (exact) mass is 330 g/mol. The second-order valence-corrected chi connectivity index (χ2v) is 6.12. The highest BCUT2D eigenvalue weighted by Gasteiger charge is 2.20. The van der Waals surface area contributed by atoms with Crippen molar-refractivity contribution in [1.29, 1.82) is 0 Å². The molecule has 2 aromatic carbocycles. The lowest BCUT2D eigenvalue weighted by Crippen LogP contribution is -2.35. The largest absolute Gasteiger partial charge is 0.496 e. The average Bonchev–Trinajstić information content (AvgIpc) is 2.60. The molecule has 0 aliphatic heterocycles. The number of nitrogens with two attached hydrogens (primary N) is 1. The number of benzene rings is 2. The molecule has 1 atom stereocenters. The predicted octanol–water partition coefficient (Wildman–Crippen LogP) is 3.08. The van der Waals surface area contributed by atoms with E-state index in [1.165, 1.54) is 0 Å². The number of likely N-dealkylation sites (N-methyl/N-ethyl adjacent to an activating group) is 1. The Hall–Kier alpha value is -1.98. The zero-order chi connectivity index (χ0) is 16.8. The van der Waals surface area contributed by atoms with Gasteiger partial charge in [-0.2, -0.15) is 0 Å². The van der Waals surface area contributed by atoms with Gasteiger partial charge in [-0.25, -0.2) is 0 Å². The first-order chi connectivity index (χ1) is 11.1. The van der Waals surface area contributed by atoms with Gasteiger partial charge in [0, 0.05) is 18.5 Å². The number of methoxy groups -OCH3 is 1. The lowest BCUT2D eigenvalue weighted by molar-refractivity contribution is -0.131. The molecule has 1 unspecified atom stereocenters. The first-order valence-corrected chi connectivity index (χ1v) is 8.55. The zero-order valence-electron chi connectivity index (χ0n) is 13.7. The molecule has 0 aliphatic carbocycles. The second-order valence-electron chi connectivity index (χ2n) is 5.27. The number of ether oxygens (including phenoxy) is 1. The van der Waals surface area contributed by atoms with E-state index in [-0.39, 0.29) is 5.91 Å². The zero-order valence-corrected chi connectivity index (χ0v) is 14.5. The molecule has 0 spiro atoms. The SMILES string of the molecule is COc1cc(CN(C)C(=O)C(N)c2ccccc2)ccc1SC. The van der Waals surface area contributed by atoms with Crippen LogP contribution in [0.3, 0.4) is 0 Å². The van der Waals surface area contributed by atoms with E-state index < -0.39 is 6.04 Å². The van der Waals surface area contributed by atoms with E-state index >= 15 is 0 Å². The number of thioether (sulfide) groups is 1. The summed E-state index contributed by atoms with van der Waals surface area (Å²) in [7, 11) is 3.42. The third kappa shape index (κ3) is 4.27. The van der Waals surface area contributed by atoms with Crippen LogP contribution in [0, 0.1) is 0 Å². The van der Waals surface area contributed by atoms with Gasteiger partial charge in [-0.3, -0.25) is 4.79 Å². The summed E-state index contributed by atoms with van der Waals surface area (Å²) in [6.07, 6.45) is 2.01. The van der Waals surface area contributed by atoms with Crippen molar-refractivity contribution >= 4 is 17.7 Å². The topological polar surface area (TPSA) is 55.6 Å². The lowest BCUT2D eigenvalue weighted by atomic mass is 10.1. The molecule has 0 saturated heterocycles. The minimum Gasteiger partial charge on any atom is -0.496 e. The Kier molecular flexibility index (Phi) is 6.07. The maximum absolute atomic E-state index is 12.5. The van der Waals surface area contributed by atoms with E-state index in [0.29, 0.717) is 6.54 Å². The highest BCUT2D eigenvalue weighted by atomic mass is 32.2. The minimum absolute atomic E-state index is 0.107. The van der Waals surface area contributed by atoms with Gasteiger partial charge in [0.15, 0.2) is 0 Å². The molecule has 0 aliphatic rings. The molecular formula is C18H22N2O2S. The Morgan fingerprint density at radius 1 is 1.26 bits per heavy atom. The van der Waals surface area contributed by atoms with Crippen LogP contribution in [0.1, 0.15) is 17.2 Å². The molecule has 0 bridgehead atoms. The molecule has 0 fully saturated rings. The van der Waals surface area contributed by atoms with Crippen LogP contribution in [0.15, 0.2) is 53.4 Å². The Morgan fingerprint density at radius 2 is 1.96 bits per heavy atom. The summed E-state index contributed by atoms with van der Waals surface area (Å²) in [6, 6.07) is 14.7. The van der Waals surface area contributed by atoms with Crippen LogP contribution in [-0.2, 0) is 11.3 Å². The number of amides is 1. The molecule has 0 saturated carbocycles. The summed E-state index contributed by atoms with van der Waals surface area (Å²) < 4.78 is 5.39. The van der Waals surface area contributed by atoms with Crippen LogP contribution in [0.25, 0.3) is 0 Å². The minimum atomic E-state index is -0.645. The first-order valence-electron chi connectivity index (χ1n) is 7.33. The van der Waals surface area contributed by atoms with Gasteiger partial charge in [-0.1, -0.05) is 36.4 Å². The van der Waals surface area contributed by atoms with Crippen molar-refractivity contribution in [2.45, 2.75) is 17.5 Å². The maximum Gasteiger partial charge on any atom is 0.244 e. The Balaban J connectivity index is 2.09. The van der Waals surface area contributed by atoms with Crippen molar-refractivity contribution in [2.24, 2.45) is 5.73 Å². The van der Waals surface area contributed by atoms with Crippen LogP contribution >= 0.6 is 11.8 Å². The fourth-order valence-corrected chi connectivity index (χ4v) is 2.92. The van der Waals surface area contributed by atoms with Gasteiger partial charge in [0.05, 0.1) is 7.11 Å². The van der Waals surface area contributed by atoms with Gasteiger partial charge >= 0.3 is 0 Å². The van der Waals surface area contributed by atoms with Crippen LogP contribution in [-0.4, -0.2) is 31.2 Å². The van der Waals surface area contributed by atoms with E-state index in [9.17, 15) is 4.79 Å². The molecular weight excluding hydrogens is 308 g/mol. The number of nitrogens with zero attached hydrogens (tertiary/aromatic N) is 1. The van der Waals surface area contributed by atoms with Crippen molar-refractivity contribution in [1.82, 2.24) is 4.90 Å². The average molecular weight is 330 g/mol. The fraction of sp³-hybridized carbons (Fsp3) is 0.278. The molecule has 122 valence electrons. The summed E-state index contributed by atoms with van der Waals surface area (Å²) in [5.74, 6) is 0.715. The molecule has 0 radical (unpaired) electrons. The Labute approximate surface area is 141 Å². The number of hydrogen-bond acceptors (Lipinski definition) is 4. The maximum atomic E-state index is 12.5. The molecule has 5 heteroatoms. The molecule has 2 aromatic rings. The van der Waals surface area contributed by atoms with Gasteiger partial charge in [0.2, 0.25) is 5.91 Å². The summed E-state index contributed by atoms with van der Waals surface area (Å²) in [5.41, 5.74) is 7.90. The van der Waals surface area contributed by atoms with Crippen LogP contribution in [0.5, 0.6) is 5.75 Å². The lowest BCUT2D eigenvalue weighted by Gasteiger charge is -2.22. The van der Waals surface area contributed by atoms with E-state index in [0.717, 1.165) is 21.8 Å². The van der Waals surface area contributed by atoms with Gasteiger partial charge in [-0.05, 0) is 29.5 Å². The van der Waals surface area contributed by atoms with E-state index in [1.807, 2.05) is 54.8 Å². The Bertz CT molecular complexity index is 661. The van der Waals surface area contributed by atoms with Crippen molar-refractivity contribution in [3.8, 4) is 5.75 Å². The summed E-state index contributed by atoms with van der Waals surface area (Å²) in [6.45, 7) is 0.490. The van der Waals surface area contributed by atoms with Gasteiger partial charge in [0.25, 0.3) is 0 Å². The van der Waals surface area contributed by atoms with Crippen molar-refractivity contribution in [2.75, 3.05) is 20.4 Å². The van der Waals surface area contributed by atoms with Gasteiger partial charge in [0.1, 0.15) is 11.8 Å². The molecule has 1 amide bonds. The molecule has 0 aromatic heterocycles. The summed E-state index contributed by atoms with van der Waals surface area (Å²) in [5, 5.41) is 0. The molecule has 2 rings (SSSR count). The first kappa shape index (κ1) is 17.4. The smallest absolute Gasteiger partial charge is 0.244 e. The third-order valence-electron chi connectivity index (χ3n) is 3.67. The summed E-state index contributed by atoms with van der Waals surface area (Å²) >= 11 is 1.63. The van der Waals surface area contributed by atoms with E-state index in [4.69, 9.17) is 10.5 Å². The molecule has 0 heterocycles. The highest BCUT2D eigenvalue weighted by Crippen LogP contribution is 2.28. The fourth-order valence-electron chi connectivity index (χ4n) is 2.37. The molecule has 4 nitrogen and oxygen atoms in total. The van der Waals surface area contributed by atoms with Crippen molar-refractivity contribution in [3.63, 3.8) is 0 Å². The standard InChI is InChI=1S/C18H22N2O2S/c1-20(18(21)17(19)14-7-5-4-6-8-14)12-13-9-10-16(23-3)15(11-13)22-2/h4-11,17H,12,19H2,1-3H3. The number of carbonyl (C=O) groups is 1.